The van der Waals surface area contributed by atoms with Crippen LogP contribution in [-0.4, -0.2) is 38.2 Å². The molecule has 0 saturated heterocycles. The predicted molar refractivity (Wildman–Crippen MR) is 146 cm³/mol. The highest BCUT2D eigenvalue weighted by Crippen LogP contribution is 2.38. The van der Waals surface area contributed by atoms with Crippen molar-refractivity contribution < 1.29 is 19.1 Å². The maximum absolute atomic E-state index is 13.1. The number of nitrogens with one attached hydrogen (secondary N) is 2. The van der Waals surface area contributed by atoms with Crippen LogP contribution in [0.4, 0.5) is 10.5 Å². The molecule has 0 radical (unpaired) electrons. The van der Waals surface area contributed by atoms with Crippen LogP contribution in [0.15, 0.2) is 61.1 Å². The van der Waals surface area contributed by atoms with Crippen molar-refractivity contribution in [1.29, 1.82) is 0 Å². The molecule has 4 aromatic rings. The molecule has 0 aliphatic heterocycles. The lowest BCUT2D eigenvalue weighted by atomic mass is 9.85. The van der Waals surface area contributed by atoms with E-state index in [2.05, 4.69) is 25.8 Å². The summed E-state index contributed by atoms with van der Waals surface area (Å²) in [6, 6.07) is 14.5. The monoisotopic (exact) mass is 528 g/mol. The minimum atomic E-state index is -0.525. The van der Waals surface area contributed by atoms with Crippen LogP contribution in [0.5, 0.6) is 5.75 Å². The summed E-state index contributed by atoms with van der Waals surface area (Å²) < 4.78 is 13.3. The normalized spacial score (nSPS) is 16.8. The van der Waals surface area contributed by atoms with Gasteiger partial charge < -0.3 is 20.1 Å². The number of carbonyl (C=O) groups excluding carboxylic acids is 2. The molecule has 1 aromatic carbocycles. The minimum Gasteiger partial charge on any atom is -0.484 e. The van der Waals surface area contributed by atoms with E-state index in [1.165, 1.54) is 6.07 Å². The number of amides is 2. The molecule has 0 saturated carbocycles. The van der Waals surface area contributed by atoms with Crippen LogP contribution in [0.2, 0.25) is 0 Å². The Balaban J connectivity index is 1.32. The van der Waals surface area contributed by atoms with E-state index in [0.29, 0.717) is 17.8 Å². The molecule has 39 heavy (non-hydrogen) atoms. The molecule has 10 heteroatoms. The van der Waals surface area contributed by atoms with Crippen LogP contribution < -0.4 is 15.4 Å². The fraction of sp³-hybridized carbons (Fsp3) is 0.345. The van der Waals surface area contributed by atoms with E-state index < -0.39 is 5.97 Å². The molecule has 202 valence electrons. The first-order chi connectivity index (χ1) is 18.7. The Morgan fingerprint density at radius 2 is 1.87 bits per heavy atom. The van der Waals surface area contributed by atoms with Gasteiger partial charge in [-0.1, -0.05) is 45.0 Å². The van der Waals surface area contributed by atoms with E-state index >= 15 is 0 Å². The zero-order valence-corrected chi connectivity index (χ0v) is 22.5. The van der Waals surface area contributed by atoms with Gasteiger partial charge in [0.25, 0.3) is 0 Å². The highest BCUT2D eigenvalue weighted by molar-refractivity contribution is 5.93. The van der Waals surface area contributed by atoms with E-state index in [-0.39, 0.29) is 35.9 Å². The van der Waals surface area contributed by atoms with Crippen LogP contribution >= 0.6 is 0 Å². The third kappa shape index (κ3) is 5.84. The van der Waals surface area contributed by atoms with E-state index in [0.717, 1.165) is 28.9 Å². The summed E-state index contributed by atoms with van der Waals surface area (Å²) in [6.45, 7) is 7.97. The number of hydrogen-bond donors (Lipinski definition) is 2. The molecule has 1 aliphatic rings. The summed E-state index contributed by atoms with van der Waals surface area (Å²) >= 11 is 0. The first kappa shape index (κ1) is 26.1. The Hall–Kier alpha value is -4.47. The summed E-state index contributed by atoms with van der Waals surface area (Å²) in [4.78, 5) is 30.0. The van der Waals surface area contributed by atoms with Crippen LogP contribution in [0.1, 0.15) is 80.0 Å². The third-order valence-electron chi connectivity index (χ3n) is 6.62. The number of esters is 1. The highest BCUT2D eigenvalue weighted by atomic mass is 16.5. The van der Waals surface area contributed by atoms with Crippen LogP contribution in [0, 0.1) is 0 Å². The number of fused-ring (bicyclic) bond motifs is 2. The molecule has 0 bridgehead atoms. The van der Waals surface area contributed by atoms with Crippen molar-refractivity contribution >= 4 is 23.3 Å². The fourth-order valence-electron chi connectivity index (χ4n) is 4.69. The molecule has 3 heterocycles. The summed E-state index contributed by atoms with van der Waals surface area (Å²) in [5.41, 5.74) is 3.77. The number of rotatable bonds is 6. The predicted octanol–water partition coefficient (Wildman–Crippen LogP) is 5.38. The number of aromatic nitrogens is 4. The molecule has 5 rings (SSSR count). The fourth-order valence-corrected chi connectivity index (χ4v) is 4.69. The number of urea groups is 1. The van der Waals surface area contributed by atoms with Crippen molar-refractivity contribution in [2.45, 2.75) is 58.1 Å². The third-order valence-corrected chi connectivity index (χ3v) is 6.62. The summed E-state index contributed by atoms with van der Waals surface area (Å²) in [6.07, 6.45) is 4.76. The number of hydrogen-bond acceptors (Lipinski definition) is 7. The molecular formula is C29H32N6O4. The number of benzene rings is 1. The molecule has 0 fully saturated rings. The van der Waals surface area contributed by atoms with Gasteiger partial charge >= 0.3 is 12.0 Å². The summed E-state index contributed by atoms with van der Waals surface area (Å²) in [7, 11) is 0. The molecule has 10 nitrogen and oxygen atoms in total. The maximum Gasteiger partial charge on any atom is 0.356 e. The lowest BCUT2D eigenvalue weighted by Gasteiger charge is -2.32. The van der Waals surface area contributed by atoms with Gasteiger partial charge in [-0.15, -0.1) is 10.2 Å². The van der Waals surface area contributed by atoms with Crippen LogP contribution in [0.25, 0.3) is 5.65 Å². The van der Waals surface area contributed by atoms with Gasteiger partial charge in [-0.2, -0.15) is 0 Å². The Labute approximate surface area is 226 Å². The second-order valence-corrected chi connectivity index (χ2v) is 10.5. The van der Waals surface area contributed by atoms with E-state index in [9.17, 15) is 9.59 Å². The van der Waals surface area contributed by atoms with Gasteiger partial charge in [0.2, 0.25) is 0 Å². The number of pyridine rings is 2. The Morgan fingerprint density at radius 1 is 1.08 bits per heavy atom. The van der Waals surface area contributed by atoms with E-state index in [1.54, 1.807) is 19.3 Å². The molecule has 2 amide bonds. The van der Waals surface area contributed by atoms with Gasteiger partial charge in [0, 0.05) is 16.8 Å². The summed E-state index contributed by atoms with van der Waals surface area (Å²) in [5.74, 6) is 0.193. The summed E-state index contributed by atoms with van der Waals surface area (Å²) in [5, 5.41) is 13.9. The second-order valence-electron chi connectivity index (χ2n) is 10.5. The second kappa shape index (κ2) is 10.7. The van der Waals surface area contributed by atoms with E-state index in [1.807, 2.05) is 67.8 Å². The van der Waals surface area contributed by atoms with E-state index in [4.69, 9.17) is 9.47 Å². The lowest BCUT2D eigenvalue weighted by molar-refractivity contribution is 0.0519. The molecule has 2 unspecified atom stereocenters. The van der Waals surface area contributed by atoms with Gasteiger partial charge in [0.15, 0.2) is 11.3 Å². The first-order valence-electron chi connectivity index (χ1n) is 13.0. The van der Waals surface area contributed by atoms with Crippen molar-refractivity contribution in [3.8, 4) is 5.75 Å². The molecule has 2 N–H and O–H groups in total. The highest BCUT2D eigenvalue weighted by Gasteiger charge is 2.30. The number of anilines is 1. The van der Waals surface area contributed by atoms with Gasteiger partial charge in [-0.3, -0.25) is 4.40 Å². The van der Waals surface area contributed by atoms with Gasteiger partial charge in [-0.05, 0) is 55.2 Å². The van der Waals surface area contributed by atoms with Gasteiger partial charge in [0.05, 0.1) is 18.8 Å². The van der Waals surface area contributed by atoms with Crippen molar-refractivity contribution in [3.63, 3.8) is 0 Å². The van der Waals surface area contributed by atoms with Crippen molar-refractivity contribution in [1.82, 2.24) is 24.9 Å². The molecule has 1 aliphatic carbocycles. The standard InChI is InChI=1S/C29H32N6O4/c1-5-38-27(36)23-14-18(15-25(32-23)29(2,3)4)31-28(37)33-22-11-12-24(21-9-7-6-8-20(21)22)39-19-10-13-26-34-30-17-35(26)16-19/h6-10,13-17,22,24H,5,11-12H2,1-4H3,(H2,31,32,33,37). The van der Waals surface area contributed by atoms with Crippen LogP contribution in [-0.2, 0) is 10.2 Å². The zero-order chi connectivity index (χ0) is 27.6. The molecule has 0 spiro atoms. The molecular weight excluding hydrogens is 496 g/mol. The van der Waals surface area contributed by atoms with Crippen molar-refractivity contribution in [3.05, 3.63) is 83.6 Å². The maximum atomic E-state index is 13.1. The quantitative estimate of drug-likeness (QED) is 0.323. The largest absolute Gasteiger partial charge is 0.484 e. The number of carbonyl (C=O) groups is 2. The van der Waals surface area contributed by atoms with Crippen molar-refractivity contribution in [2.75, 3.05) is 11.9 Å². The van der Waals surface area contributed by atoms with Crippen LogP contribution in [0.3, 0.4) is 0 Å². The Bertz CT molecular complexity index is 1510. The first-order valence-corrected chi connectivity index (χ1v) is 13.0. The molecule has 3 aromatic heterocycles. The lowest BCUT2D eigenvalue weighted by Crippen LogP contribution is -2.35. The van der Waals surface area contributed by atoms with Gasteiger partial charge in [-0.25, -0.2) is 14.6 Å². The SMILES string of the molecule is CCOC(=O)c1cc(NC(=O)NC2CCC(Oc3ccc4nncn4c3)c3ccccc32)cc(C(C)(C)C)n1. The number of ether oxygens (including phenoxy) is 2. The van der Waals surface area contributed by atoms with Gasteiger partial charge in [0.1, 0.15) is 18.2 Å². The molecule has 2 atom stereocenters. The average molecular weight is 529 g/mol. The Morgan fingerprint density at radius 3 is 2.64 bits per heavy atom. The smallest absolute Gasteiger partial charge is 0.356 e. The topological polar surface area (TPSA) is 120 Å². The number of nitrogens with zero attached hydrogens (tertiary/aromatic N) is 4. The average Bonchev–Trinajstić information content (AvgIpc) is 3.37. The zero-order valence-electron chi connectivity index (χ0n) is 22.5. The van der Waals surface area contributed by atoms with Crippen molar-refractivity contribution in [2.24, 2.45) is 0 Å². The minimum absolute atomic E-state index is 0.155. The Kier molecular flexibility index (Phi) is 7.19.